The summed E-state index contributed by atoms with van der Waals surface area (Å²) in [7, 11) is 0. The molecule has 24 heavy (non-hydrogen) atoms. The van der Waals surface area contributed by atoms with Gasteiger partial charge in [0.1, 0.15) is 12.4 Å². The fourth-order valence-electron chi connectivity index (χ4n) is 3.17. The lowest BCUT2D eigenvalue weighted by Gasteiger charge is -2.36. The summed E-state index contributed by atoms with van der Waals surface area (Å²) in [6.45, 7) is 3.25. The molecule has 5 heteroatoms. The van der Waals surface area contributed by atoms with Gasteiger partial charge in [-0.15, -0.1) is 0 Å². The van der Waals surface area contributed by atoms with Crippen LogP contribution in [0.3, 0.4) is 0 Å². The molecular weight excluding hydrogens is 326 g/mol. The van der Waals surface area contributed by atoms with Crippen LogP contribution in [0, 0.1) is 5.92 Å². The highest BCUT2D eigenvalue weighted by Crippen LogP contribution is 2.29. The van der Waals surface area contributed by atoms with E-state index >= 15 is 0 Å². The number of nitrogens with zero attached hydrogens (tertiary/aromatic N) is 1. The summed E-state index contributed by atoms with van der Waals surface area (Å²) in [4.78, 5) is 14.3. The molecule has 2 aliphatic heterocycles. The third-order valence-electron chi connectivity index (χ3n) is 4.67. The summed E-state index contributed by atoms with van der Waals surface area (Å²) >= 11 is 6.01. The monoisotopic (exact) mass is 347 g/mol. The highest BCUT2D eigenvalue weighted by molar-refractivity contribution is 6.30. The Balaban J connectivity index is 1.70. The van der Waals surface area contributed by atoms with Crippen molar-refractivity contribution >= 4 is 23.6 Å². The summed E-state index contributed by atoms with van der Waals surface area (Å²) in [5, 5.41) is 9.99. The number of hydrogen-bond acceptors (Lipinski definition) is 3. The van der Waals surface area contributed by atoms with Crippen molar-refractivity contribution in [3.63, 3.8) is 0 Å². The zero-order chi connectivity index (χ0) is 17.1. The van der Waals surface area contributed by atoms with E-state index in [0.717, 1.165) is 29.7 Å². The van der Waals surface area contributed by atoms with Crippen molar-refractivity contribution in [2.45, 2.75) is 25.8 Å². The van der Waals surface area contributed by atoms with Gasteiger partial charge in [-0.05, 0) is 55.5 Å². The SMILES string of the molecule is CC1CCC(CO)CN1C(=O)/C=C/C1=Cc2cc(Cl)ccc2OC1. The predicted molar refractivity (Wildman–Crippen MR) is 95.0 cm³/mol. The molecular formula is C19H22ClNO3. The zero-order valence-corrected chi connectivity index (χ0v) is 14.5. The summed E-state index contributed by atoms with van der Waals surface area (Å²) in [6, 6.07) is 5.71. The molecule has 128 valence electrons. The van der Waals surface area contributed by atoms with Crippen molar-refractivity contribution in [3.05, 3.63) is 46.5 Å². The second-order valence-corrected chi connectivity index (χ2v) is 6.93. The first-order valence-corrected chi connectivity index (χ1v) is 8.67. The first kappa shape index (κ1) is 17.1. The molecule has 1 fully saturated rings. The van der Waals surface area contributed by atoms with Crippen LogP contribution in [0.2, 0.25) is 5.02 Å². The molecule has 1 amide bonds. The Morgan fingerprint density at radius 3 is 3.08 bits per heavy atom. The highest BCUT2D eigenvalue weighted by Gasteiger charge is 2.27. The maximum absolute atomic E-state index is 12.5. The Labute approximate surface area is 147 Å². The molecule has 2 heterocycles. The molecule has 1 aromatic rings. The number of hydrogen-bond donors (Lipinski definition) is 1. The molecule has 1 N–H and O–H groups in total. The smallest absolute Gasteiger partial charge is 0.246 e. The van der Waals surface area contributed by atoms with E-state index in [0.29, 0.717) is 18.2 Å². The number of carbonyl (C=O) groups excluding carboxylic acids is 1. The molecule has 1 saturated heterocycles. The van der Waals surface area contributed by atoms with Crippen LogP contribution in [0.25, 0.3) is 6.08 Å². The summed E-state index contributed by atoms with van der Waals surface area (Å²) in [5.41, 5.74) is 1.86. The van der Waals surface area contributed by atoms with Crippen LogP contribution in [0.1, 0.15) is 25.3 Å². The molecule has 0 bridgehead atoms. The predicted octanol–water partition coefficient (Wildman–Crippen LogP) is 3.29. The number of amides is 1. The second kappa shape index (κ2) is 7.41. The van der Waals surface area contributed by atoms with Crippen LogP contribution in [0.5, 0.6) is 5.75 Å². The first-order chi connectivity index (χ1) is 11.6. The van der Waals surface area contributed by atoms with Crippen molar-refractivity contribution < 1.29 is 14.6 Å². The van der Waals surface area contributed by atoms with E-state index in [9.17, 15) is 9.90 Å². The summed E-state index contributed by atoms with van der Waals surface area (Å²) in [6.07, 6.45) is 7.30. The minimum atomic E-state index is -0.0153. The van der Waals surface area contributed by atoms with E-state index in [1.807, 2.05) is 29.2 Å². The number of piperidine rings is 1. The largest absolute Gasteiger partial charge is 0.488 e. The third-order valence-corrected chi connectivity index (χ3v) is 4.90. The normalized spacial score (nSPS) is 23.6. The molecule has 3 rings (SSSR count). The van der Waals surface area contributed by atoms with Gasteiger partial charge in [0.25, 0.3) is 0 Å². The number of carbonyl (C=O) groups is 1. The molecule has 2 atom stereocenters. The maximum atomic E-state index is 12.5. The number of rotatable bonds is 3. The van der Waals surface area contributed by atoms with E-state index in [1.54, 1.807) is 12.1 Å². The van der Waals surface area contributed by atoms with Crippen molar-refractivity contribution in [2.75, 3.05) is 19.8 Å². The van der Waals surface area contributed by atoms with E-state index in [-0.39, 0.29) is 24.5 Å². The van der Waals surface area contributed by atoms with Gasteiger partial charge in [0.05, 0.1) is 0 Å². The number of halogens is 1. The standard InChI is InChI=1S/C19H22ClNO3/c1-13-2-3-15(11-22)10-21(13)19(23)7-4-14-8-16-9-17(20)5-6-18(16)24-12-14/h4-9,13,15,22H,2-3,10-12H2,1H3/b7-4+. The molecule has 0 aromatic heterocycles. The van der Waals surface area contributed by atoms with Crippen LogP contribution in [0.4, 0.5) is 0 Å². The van der Waals surface area contributed by atoms with Gasteiger partial charge in [-0.1, -0.05) is 17.7 Å². The Hall–Kier alpha value is -1.78. The molecule has 2 unspecified atom stereocenters. The van der Waals surface area contributed by atoms with Gasteiger partial charge in [-0.2, -0.15) is 0 Å². The van der Waals surface area contributed by atoms with Gasteiger partial charge < -0.3 is 14.7 Å². The van der Waals surface area contributed by atoms with Crippen LogP contribution in [0.15, 0.2) is 35.9 Å². The number of fused-ring (bicyclic) bond motifs is 1. The zero-order valence-electron chi connectivity index (χ0n) is 13.7. The highest BCUT2D eigenvalue weighted by atomic mass is 35.5. The number of likely N-dealkylation sites (tertiary alicyclic amines) is 1. The summed E-state index contributed by atoms with van der Waals surface area (Å²) < 4.78 is 5.69. The number of ether oxygens (including phenoxy) is 1. The lowest BCUT2D eigenvalue weighted by Crippen LogP contribution is -2.45. The van der Waals surface area contributed by atoms with Gasteiger partial charge in [-0.25, -0.2) is 0 Å². The molecule has 0 spiro atoms. The van der Waals surface area contributed by atoms with Crippen molar-refractivity contribution in [1.29, 1.82) is 0 Å². The van der Waals surface area contributed by atoms with Gasteiger partial charge in [0.2, 0.25) is 5.91 Å². The fourth-order valence-corrected chi connectivity index (χ4v) is 3.36. The van der Waals surface area contributed by atoms with Crippen LogP contribution in [-0.4, -0.2) is 41.7 Å². The maximum Gasteiger partial charge on any atom is 0.246 e. The van der Waals surface area contributed by atoms with E-state index in [1.165, 1.54) is 0 Å². The fraction of sp³-hybridized carbons (Fsp3) is 0.421. The van der Waals surface area contributed by atoms with Gasteiger partial charge >= 0.3 is 0 Å². The van der Waals surface area contributed by atoms with Crippen LogP contribution < -0.4 is 4.74 Å². The average Bonchev–Trinajstić information content (AvgIpc) is 2.59. The van der Waals surface area contributed by atoms with Gasteiger partial charge in [0.15, 0.2) is 0 Å². The molecule has 0 radical (unpaired) electrons. The van der Waals surface area contributed by atoms with E-state index in [2.05, 4.69) is 6.92 Å². The number of aliphatic hydroxyl groups is 1. The first-order valence-electron chi connectivity index (χ1n) is 8.29. The Bertz CT molecular complexity index is 683. The molecule has 0 aliphatic carbocycles. The van der Waals surface area contributed by atoms with Gasteiger partial charge in [0, 0.05) is 35.9 Å². The van der Waals surface area contributed by atoms with Crippen LogP contribution in [-0.2, 0) is 4.79 Å². The minimum absolute atomic E-state index is 0.0153. The molecule has 2 aliphatic rings. The van der Waals surface area contributed by atoms with Crippen molar-refractivity contribution in [2.24, 2.45) is 5.92 Å². The number of aliphatic hydroxyl groups excluding tert-OH is 1. The second-order valence-electron chi connectivity index (χ2n) is 6.49. The van der Waals surface area contributed by atoms with Gasteiger partial charge in [-0.3, -0.25) is 4.79 Å². The third kappa shape index (κ3) is 3.82. The Kier molecular flexibility index (Phi) is 5.27. The molecule has 4 nitrogen and oxygen atoms in total. The Morgan fingerprint density at radius 1 is 1.46 bits per heavy atom. The number of benzene rings is 1. The topological polar surface area (TPSA) is 49.8 Å². The average molecular weight is 348 g/mol. The molecule has 0 saturated carbocycles. The van der Waals surface area contributed by atoms with E-state index in [4.69, 9.17) is 16.3 Å². The quantitative estimate of drug-likeness (QED) is 0.853. The van der Waals surface area contributed by atoms with E-state index < -0.39 is 0 Å². The minimum Gasteiger partial charge on any atom is -0.488 e. The van der Waals surface area contributed by atoms with Crippen molar-refractivity contribution in [3.8, 4) is 5.75 Å². The Morgan fingerprint density at radius 2 is 2.29 bits per heavy atom. The molecule has 1 aromatic carbocycles. The van der Waals surface area contributed by atoms with Crippen molar-refractivity contribution in [1.82, 2.24) is 4.90 Å². The lowest BCUT2D eigenvalue weighted by molar-refractivity contribution is -0.130. The van der Waals surface area contributed by atoms with Crippen LogP contribution >= 0.6 is 11.6 Å². The summed E-state index contributed by atoms with van der Waals surface area (Å²) in [5.74, 6) is 0.974. The lowest BCUT2D eigenvalue weighted by atomic mass is 9.94.